The predicted molar refractivity (Wildman–Crippen MR) is 136 cm³/mol. The molecule has 0 saturated heterocycles. The summed E-state index contributed by atoms with van der Waals surface area (Å²) < 4.78 is 35.2. The van der Waals surface area contributed by atoms with Gasteiger partial charge in [0.05, 0.1) is 11.4 Å². The van der Waals surface area contributed by atoms with Crippen LogP contribution < -0.4 is 21.1 Å². The van der Waals surface area contributed by atoms with E-state index in [9.17, 15) is 18.4 Å². The van der Waals surface area contributed by atoms with E-state index in [4.69, 9.17) is 10.5 Å². The molecule has 1 heterocycles. The first kappa shape index (κ1) is 24.1. The lowest BCUT2D eigenvalue weighted by Crippen LogP contribution is -2.15. The number of carbonyl (C=O) groups is 2. The number of rotatable bonds is 7. The third-order valence-corrected chi connectivity index (χ3v) is 5.45. The van der Waals surface area contributed by atoms with Gasteiger partial charge in [0, 0.05) is 39.3 Å². The van der Waals surface area contributed by atoms with Gasteiger partial charge in [-0.05, 0) is 71.1 Å². The molecule has 0 aliphatic heterocycles. The highest BCUT2D eigenvalue weighted by atomic mass is 127. The Morgan fingerprint density at radius 3 is 2.43 bits per heavy atom. The fourth-order valence-electron chi connectivity index (χ4n) is 3.22. The number of primary amides is 1. The van der Waals surface area contributed by atoms with Gasteiger partial charge < -0.3 is 21.1 Å². The Kier molecular flexibility index (Phi) is 7.20. The first-order valence-electron chi connectivity index (χ1n) is 10.1. The van der Waals surface area contributed by atoms with Crippen molar-refractivity contribution in [3.05, 3.63) is 105 Å². The minimum atomic E-state index is -0.907. The first-order valence-corrected chi connectivity index (χ1v) is 11.2. The number of hydrogen-bond acceptors (Lipinski definition) is 5. The van der Waals surface area contributed by atoms with Crippen molar-refractivity contribution in [2.75, 3.05) is 10.6 Å². The number of carbonyl (C=O) groups excluding carboxylic acids is 2. The Bertz CT molecular complexity index is 1420. The third-order valence-electron chi connectivity index (χ3n) is 4.78. The van der Waals surface area contributed by atoms with E-state index in [-0.39, 0.29) is 34.3 Å². The fraction of sp³-hybridized carbons (Fsp3) is 0. The van der Waals surface area contributed by atoms with Crippen LogP contribution in [0.25, 0.3) is 0 Å². The van der Waals surface area contributed by atoms with E-state index in [0.717, 1.165) is 12.1 Å². The number of ether oxygens (including phenoxy) is 1. The van der Waals surface area contributed by atoms with E-state index in [0.29, 0.717) is 14.8 Å². The van der Waals surface area contributed by atoms with Crippen LogP contribution >= 0.6 is 22.6 Å². The number of benzene rings is 3. The molecule has 0 spiro atoms. The maximum Gasteiger partial charge on any atom is 0.255 e. The van der Waals surface area contributed by atoms with Crippen molar-refractivity contribution in [2.45, 2.75) is 0 Å². The number of hydrogen-bond donors (Lipinski definition) is 3. The molecule has 2 amide bonds. The Hall–Kier alpha value is -4.06. The molecule has 176 valence electrons. The summed E-state index contributed by atoms with van der Waals surface area (Å²) in [7, 11) is 0. The lowest BCUT2D eigenvalue weighted by Gasteiger charge is -2.16. The summed E-state index contributed by atoms with van der Waals surface area (Å²) in [6.07, 6.45) is 2.99. The highest BCUT2D eigenvalue weighted by Crippen LogP contribution is 2.35. The number of anilines is 3. The first-order chi connectivity index (χ1) is 16.8. The maximum absolute atomic E-state index is 14.5. The predicted octanol–water partition coefficient (Wildman–Crippen LogP) is 5.85. The molecule has 0 radical (unpaired) electrons. The molecule has 0 aliphatic carbocycles. The molecule has 3 aromatic carbocycles. The number of amides is 2. The van der Waals surface area contributed by atoms with E-state index in [2.05, 4.69) is 15.6 Å². The van der Waals surface area contributed by atoms with Crippen molar-refractivity contribution in [1.82, 2.24) is 4.98 Å². The van der Waals surface area contributed by atoms with E-state index in [1.54, 1.807) is 36.4 Å². The molecule has 0 aliphatic rings. The molecule has 0 saturated carbocycles. The van der Waals surface area contributed by atoms with Crippen molar-refractivity contribution in [3.63, 3.8) is 0 Å². The van der Waals surface area contributed by atoms with Crippen LogP contribution in [0.1, 0.15) is 20.7 Å². The normalized spacial score (nSPS) is 10.5. The number of pyridine rings is 1. The summed E-state index contributed by atoms with van der Waals surface area (Å²) >= 11 is 1.96. The van der Waals surface area contributed by atoms with Crippen LogP contribution in [0.3, 0.4) is 0 Å². The summed E-state index contributed by atoms with van der Waals surface area (Å²) in [5.74, 6) is -2.56. The monoisotopic (exact) mass is 586 g/mol. The van der Waals surface area contributed by atoms with Crippen molar-refractivity contribution < 1.29 is 23.1 Å². The molecule has 4 aromatic rings. The van der Waals surface area contributed by atoms with Crippen LogP contribution in [0.2, 0.25) is 0 Å². The zero-order valence-electron chi connectivity index (χ0n) is 17.9. The third kappa shape index (κ3) is 5.90. The highest BCUT2D eigenvalue weighted by molar-refractivity contribution is 14.1. The van der Waals surface area contributed by atoms with Crippen LogP contribution in [0.5, 0.6) is 11.5 Å². The lowest BCUT2D eigenvalue weighted by atomic mass is 10.1. The topological polar surface area (TPSA) is 106 Å². The standard InChI is InChI=1S/C25H17F2IN4O3/c26-15-10-21(32-20-5-4-16(28)12-19(20)27)23(24(29)33)22(11-15)35-18-3-1-2-17(13-18)31-25(34)14-6-8-30-9-7-14/h1-13,32H,(H2,29,33)(H,31,34). The van der Waals surface area contributed by atoms with E-state index < -0.39 is 17.5 Å². The van der Waals surface area contributed by atoms with Gasteiger partial charge in [-0.15, -0.1) is 0 Å². The van der Waals surface area contributed by atoms with Gasteiger partial charge in [0.1, 0.15) is 28.7 Å². The van der Waals surface area contributed by atoms with Crippen molar-refractivity contribution in [2.24, 2.45) is 5.73 Å². The van der Waals surface area contributed by atoms with Crippen LogP contribution in [0, 0.1) is 15.2 Å². The molecule has 0 fully saturated rings. The number of aromatic nitrogens is 1. The van der Waals surface area contributed by atoms with E-state index in [1.165, 1.54) is 30.6 Å². The molecule has 0 atom stereocenters. The largest absolute Gasteiger partial charge is 0.456 e. The fourth-order valence-corrected chi connectivity index (χ4v) is 3.68. The molecule has 4 N–H and O–H groups in total. The minimum Gasteiger partial charge on any atom is -0.456 e. The summed E-state index contributed by atoms with van der Waals surface area (Å²) in [5.41, 5.74) is 6.17. The maximum atomic E-state index is 14.5. The molecule has 4 rings (SSSR count). The summed E-state index contributed by atoms with van der Waals surface area (Å²) in [5, 5.41) is 5.43. The van der Waals surface area contributed by atoms with Gasteiger partial charge in [0.25, 0.3) is 11.8 Å². The van der Waals surface area contributed by atoms with Gasteiger partial charge in [-0.3, -0.25) is 14.6 Å². The van der Waals surface area contributed by atoms with Crippen molar-refractivity contribution in [1.29, 1.82) is 0 Å². The highest BCUT2D eigenvalue weighted by Gasteiger charge is 2.20. The molecular weight excluding hydrogens is 569 g/mol. The van der Waals surface area contributed by atoms with Crippen LogP contribution in [-0.4, -0.2) is 16.8 Å². The zero-order chi connectivity index (χ0) is 24.9. The van der Waals surface area contributed by atoms with Gasteiger partial charge in [0.15, 0.2) is 0 Å². The number of nitrogens with one attached hydrogen (secondary N) is 2. The second-order valence-corrected chi connectivity index (χ2v) is 8.51. The number of nitrogens with zero attached hydrogens (tertiary/aromatic N) is 1. The Labute approximate surface area is 212 Å². The SMILES string of the molecule is NC(=O)c1c(Nc2ccc(I)cc2F)cc(F)cc1Oc1cccc(NC(=O)c2ccncc2)c1. The number of nitrogens with two attached hydrogens (primary N) is 1. The van der Waals surface area contributed by atoms with Crippen LogP contribution in [0.15, 0.2) is 79.1 Å². The zero-order valence-corrected chi connectivity index (χ0v) is 20.0. The Morgan fingerprint density at radius 1 is 0.943 bits per heavy atom. The molecule has 7 nitrogen and oxygen atoms in total. The number of halogens is 3. The lowest BCUT2D eigenvalue weighted by molar-refractivity contribution is 0.0996. The quantitative estimate of drug-likeness (QED) is 0.236. The van der Waals surface area contributed by atoms with Crippen LogP contribution in [-0.2, 0) is 0 Å². The van der Waals surface area contributed by atoms with Crippen molar-refractivity contribution in [3.8, 4) is 11.5 Å². The van der Waals surface area contributed by atoms with Gasteiger partial charge in [-0.25, -0.2) is 8.78 Å². The van der Waals surface area contributed by atoms with Gasteiger partial charge >= 0.3 is 0 Å². The second kappa shape index (κ2) is 10.5. The molecular formula is C25H17F2IN4O3. The van der Waals surface area contributed by atoms with Crippen molar-refractivity contribution >= 4 is 51.5 Å². The summed E-state index contributed by atoms with van der Waals surface area (Å²) in [4.78, 5) is 28.5. The molecule has 0 bridgehead atoms. The van der Waals surface area contributed by atoms with Gasteiger partial charge in [0.2, 0.25) is 0 Å². The van der Waals surface area contributed by atoms with Crippen LogP contribution in [0.4, 0.5) is 25.8 Å². The average molecular weight is 586 g/mol. The van der Waals surface area contributed by atoms with E-state index >= 15 is 0 Å². The molecule has 35 heavy (non-hydrogen) atoms. The second-order valence-electron chi connectivity index (χ2n) is 7.26. The Balaban J connectivity index is 1.63. The molecule has 10 heteroatoms. The van der Waals surface area contributed by atoms with E-state index in [1.807, 2.05) is 22.6 Å². The summed E-state index contributed by atoms with van der Waals surface area (Å²) in [6, 6.07) is 15.9. The minimum absolute atomic E-state index is 0.0327. The van der Waals surface area contributed by atoms with Gasteiger partial charge in [-0.1, -0.05) is 6.07 Å². The molecule has 1 aromatic heterocycles. The van der Waals surface area contributed by atoms with Gasteiger partial charge in [-0.2, -0.15) is 0 Å². The average Bonchev–Trinajstić information content (AvgIpc) is 2.81. The Morgan fingerprint density at radius 2 is 1.71 bits per heavy atom. The smallest absolute Gasteiger partial charge is 0.255 e. The summed E-state index contributed by atoms with van der Waals surface area (Å²) in [6.45, 7) is 0. The molecule has 0 unspecified atom stereocenters.